The largest absolute Gasteiger partial charge is 0.397 e. The van der Waals surface area contributed by atoms with Crippen LogP contribution in [0.1, 0.15) is 25.0 Å². The smallest absolute Gasteiger partial charge is 0.259 e. The molecule has 5 nitrogen and oxygen atoms in total. The average Bonchev–Trinajstić information content (AvgIpc) is 2.75. The molecule has 2 aromatic carbocycles. The summed E-state index contributed by atoms with van der Waals surface area (Å²) < 4.78 is 0. The predicted molar refractivity (Wildman–Crippen MR) is 108 cm³/mol. The van der Waals surface area contributed by atoms with Crippen LogP contribution in [0.4, 0.5) is 17.1 Å². The SMILES string of the molecule is Cc1cc(N2C(=O)C(C)(C)N(c3ccc(Cl)c(N)c3)C2=S)ccc1C#N. The van der Waals surface area contributed by atoms with Gasteiger partial charge >= 0.3 is 0 Å². The molecule has 0 spiro atoms. The molecule has 0 aromatic heterocycles. The zero-order valence-electron chi connectivity index (χ0n) is 14.6. The van der Waals surface area contributed by atoms with Gasteiger partial charge in [-0.3, -0.25) is 9.69 Å². The fraction of sp³-hybridized carbons (Fsp3) is 0.211. The fourth-order valence-corrected chi connectivity index (χ4v) is 3.68. The van der Waals surface area contributed by atoms with Gasteiger partial charge in [0.15, 0.2) is 5.11 Å². The van der Waals surface area contributed by atoms with Crippen LogP contribution in [0.15, 0.2) is 36.4 Å². The van der Waals surface area contributed by atoms with Gasteiger partial charge in [-0.25, -0.2) is 0 Å². The summed E-state index contributed by atoms with van der Waals surface area (Å²) in [5.41, 5.74) is 8.13. The molecule has 0 unspecified atom stereocenters. The highest BCUT2D eigenvalue weighted by Gasteiger charge is 2.50. The van der Waals surface area contributed by atoms with Crippen LogP contribution in [0.5, 0.6) is 0 Å². The van der Waals surface area contributed by atoms with Crippen LogP contribution in [0.25, 0.3) is 0 Å². The highest BCUT2D eigenvalue weighted by Crippen LogP contribution is 2.38. The van der Waals surface area contributed by atoms with E-state index in [9.17, 15) is 4.79 Å². The fourth-order valence-electron chi connectivity index (χ4n) is 3.04. The summed E-state index contributed by atoms with van der Waals surface area (Å²) in [6.45, 7) is 5.44. The number of halogens is 1. The van der Waals surface area contributed by atoms with E-state index >= 15 is 0 Å². The van der Waals surface area contributed by atoms with Crippen LogP contribution < -0.4 is 15.5 Å². The van der Waals surface area contributed by atoms with E-state index in [4.69, 9.17) is 34.8 Å². The van der Waals surface area contributed by atoms with Crippen molar-refractivity contribution in [2.24, 2.45) is 0 Å². The quantitative estimate of drug-likeness (QED) is 0.625. The molecular weight excluding hydrogens is 368 g/mol. The van der Waals surface area contributed by atoms with Crippen molar-refractivity contribution in [1.82, 2.24) is 0 Å². The van der Waals surface area contributed by atoms with Crippen molar-refractivity contribution in [3.05, 3.63) is 52.5 Å². The van der Waals surface area contributed by atoms with Crippen LogP contribution in [0.3, 0.4) is 0 Å². The van der Waals surface area contributed by atoms with Crippen molar-refractivity contribution in [2.45, 2.75) is 26.3 Å². The van der Waals surface area contributed by atoms with Crippen molar-refractivity contribution >= 4 is 51.9 Å². The normalized spacial score (nSPS) is 16.1. The van der Waals surface area contributed by atoms with Gasteiger partial charge in [-0.2, -0.15) is 5.26 Å². The summed E-state index contributed by atoms with van der Waals surface area (Å²) in [5.74, 6) is -0.153. The molecule has 1 amide bonds. The monoisotopic (exact) mass is 384 g/mol. The first-order valence-corrected chi connectivity index (χ1v) is 8.71. The van der Waals surface area contributed by atoms with Gasteiger partial charge in [0.1, 0.15) is 5.54 Å². The number of nitrogens with zero attached hydrogens (tertiary/aromatic N) is 3. The third-order valence-electron chi connectivity index (χ3n) is 4.49. The Labute approximate surface area is 162 Å². The Morgan fingerprint density at radius 1 is 1.19 bits per heavy atom. The van der Waals surface area contributed by atoms with E-state index < -0.39 is 5.54 Å². The molecule has 26 heavy (non-hydrogen) atoms. The van der Waals surface area contributed by atoms with Gasteiger partial charge < -0.3 is 10.6 Å². The van der Waals surface area contributed by atoms with E-state index in [-0.39, 0.29) is 5.91 Å². The second-order valence-electron chi connectivity index (χ2n) is 6.63. The zero-order valence-corrected chi connectivity index (χ0v) is 16.1. The molecule has 1 aliphatic rings. The number of rotatable bonds is 2. The number of nitrogen functional groups attached to an aromatic ring is 1. The first-order chi connectivity index (χ1) is 12.2. The number of hydrogen-bond donors (Lipinski definition) is 1. The van der Waals surface area contributed by atoms with E-state index in [1.807, 2.05) is 20.8 Å². The minimum Gasteiger partial charge on any atom is -0.397 e. The van der Waals surface area contributed by atoms with Gasteiger partial charge in [-0.05, 0) is 75.0 Å². The maximum absolute atomic E-state index is 13.1. The van der Waals surface area contributed by atoms with Gasteiger partial charge in [0, 0.05) is 5.69 Å². The summed E-state index contributed by atoms with van der Waals surface area (Å²) in [6.07, 6.45) is 0. The molecule has 1 saturated heterocycles. The number of thiocarbonyl (C=S) groups is 1. The maximum atomic E-state index is 13.1. The van der Waals surface area contributed by atoms with E-state index in [0.717, 1.165) is 5.56 Å². The van der Waals surface area contributed by atoms with Crippen molar-refractivity contribution < 1.29 is 4.79 Å². The lowest BCUT2D eigenvalue weighted by molar-refractivity contribution is -0.120. The molecule has 0 atom stereocenters. The van der Waals surface area contributed by atoms with Gasteiger partial charge in [-0.15, -0.1) is 0 Å². The number of hydrogen-bond acceptors (Lipinski definition) is 4. The minimum absolute atomic E-state index is 0.153. The Bertz CT molecular complexity index is 980. The Balaban J connectivity index is 2.09. The summed E-state index contributed by atoms with van der Waals surface area (Å²) in [5, 5.41) is 9.91. The third-order valence-corrected chi connectivity index (χ3v) is 5.20. The van der Waals surface area contributed by atoms with Gasteiger partial charge in [0.25, 0.3) is 5.91 Å². The van der Waals surface area contributed by atoms with Crippen molar-refractivity contribution in [3.63, 3.8) is 0 Å². The second kappa shape index (κ2) is 6.27. The molecule has 3 rings (SSSR count). The van der Waals surface area contributed by atoms with Crippen molar-refractivity contribution in [2.75, 3.05) is 15.5 Å². The molecule has 1 heterocycles. The van der Waals surface area contributed by atoms with Crippen LogP contribution in [-0.2, 0) is 4.79 Å². The Morgan fingerprint density at radius 3 is 2.42 bits per heavy atom. The first kappa shape index (κ1) is 18.2. The van der Waals surface area contributed by atoms with Gasteiger partial charge in [0.05, 0.1) is 28.0 Å². The number of nitrogens with two attached hydrogens (primary N) is 1. The minimum atomic E-state index is -0.890. The van der Waals surface area contributed by atoms with Crippen molar-refractivity contribution in [3.8, 4) is 6.07 Å². The topological polar surface area (TPSA) is 73.4 Å². The Hall–Kier alpha value is -2.62. The molecule has 1 aliphatic heterocycles. The van der Waals surface area contributed by atoms with Crippen LogP contribution in [0.2, 0.25) is 5.02 Å². The summed E-state index contributed by atoms with van der Waals surface area (Å²) in [7, 11) is 0. The van der Waals surface area contributed by atoms with Crippen LogP contribution in [0, 0.1) is 18.3 Å². The number of anilines is 3. The van der Waals surface area contributed by atoms with E-state index in [1.54, 1.807) is 41.3 Å². The molecule has 7 heteroatoms. The number of aryl methyl sites for hydroxylation is 1. The molecule has 0 radical (unpaired) electrons. The van der Waals surface area contributed by atoms with E-state index in [0.29, 0.717) is 32.8 Å². The first-order valence-electron chi connectivity index (χ1n) is 7.93. The average molecular weight is 385 g/mol. The lowest BCUT2D eigenvalue weighted by atomic mass is 10.0. The third kappa shape index (κ3) is 2.70. The number of benzene rings is 2. The van der Waals surface area contributed by atoms with Gasteiger partial charge in [-0.1, -0.05) is 11.6 Å². The second-order valence-corrected chi connectivity index (χ2v) is 7.41. The molecule has 0 bridgehead atoms. The molecule has 1 fully saturated rings. The predicted octanol–water partition coefficient (Wildman–Crippen LogP) is 4.02. The maximum Gasteiger partial charge on any atom is 0.259 e. The van der Waals surface area contributed by atoms with Crippen LogP contribution in [-0.4, -0.2) is 16.6 Å². The Morgan fingerprint density at radius 2 is 1.85 bits per heavy atom. The summed E-state index contributed by atoms with van der Waals surface area (Å²) in [4.78, 5) is 16.4. The van der Waals surface area contributed by atoms with Crippen LogP contribution >= 0.6 is 23.8 Å². The Kier molecular flexibility index (Phi) is 4.39. The highest BCUT2D eigenvalue weighted by atomic mass is 35.5. The molecule has 2 aromatic rings. The van der Waals surface area contributed by atoms with E-state index in [1.165, 1.54) is 4.90 Å². The number of carbonyl (C=O) groups excluding carboxylic acids is 1. The lowest BCUT2D eigenvalue weighted by Gasteiger charge is -2.29. The molecule has 2 N–H and O–H groups in total. The lowest BCUT2D eigenvalue weighted by Crippen LogP contribution is -2.44. The molecule has 0 aliphatic carbocycles. The zero-order chi connectivity index (χ0) is 19.2. The molecule has 0 saturated carbocycles. The number of nitriles is 1. The molecule has 132 valence electrons. The summed E-state index contributed by atoms with van der Waals surface area (Å²) in [6, 6.07) is 12.5. The summed E-state index contributed by atoms with van der Waals surface area (Å²) >= 11 is 11.6. The number of amides is 1. The standard InChI is InChI=1S/C19H17ClN4OS/c1-11-8-13(5-4-12(11)10-21)23-17(25)19(2,3)24(18(23)26)14-6-7-15(20)16(22)9-14/h4-9H,22H2,1-3H3. The van der Waals surface area contributed by atoms with E-state index in [2.05, 4.69) is 6.07 Å². The highest BCUT2D eigenvalue weighted by molar-refractivity contribution is 7.81. The van der Waals surface area contributed by atoms with Crippen molar-refractivity contribution in [1.29, 1.82) is 5.26 Å². The molecular formula is C19H17ClN4OS. The van der Waals surface area contributed by atoms with Gasteiger partial charge in [0.2, 0.25) is 0 Å². The number of carbonyl (C=O) groups is 1.